The molecule has 2 bridgehead atoms. The lowest BCUT2D eigenvalue weighted by Gasteiger charge is -2.61. The van der Waals surface area contributed by atoms with Gasteiger partial charge in [0.1, 0.15) is 0 Å². The average molecular weight is 968 g/mol. The van der Waals surface area contributed by atoms with Crippen LogP contribution in [0.15, 0.2) is 237 Å². The first-order valence-corrected chi connectivity index (χ1v) is 27.8. The maximum absolute atomic E-state index is 2.70. The van der Waals surface area contributed by atoms with Gasteiger partial charge in [0.2, 0.25) is 0 Å². The van der Waals surface area contributed by atoms with E-state index in [0.29, 0.717) is 23.7 Å². The van der Waals surface area contributed by atoms with Crippen molar-refractivity contribution in [3.8, 4) is 44.5 Å². The first-order valence-electron chi connectivity index (χ1n) is 27.0. The van der Waals surface area contributed by atoms with E-state index in [9.17, 15) is 0 Å². The van der Waals surface area contributed by atoms with Gasteiger partial charge in [-0.3, -0.25) is 0 Å². The number of thiophene rings is 1. The first-order chi connectivity index (χ1) is 36.5. The molecule has 4 aliphatic carbocycles. The average Bonchev–Trinajstić information content (AvgIpc) is 4.16. The summed E-state index contributed by atoms with van der Waals surface area (Å²) in [4.78, 5) is 2.56. The molecule has 2 saturated carbocycles. The van der Waals surface area contributed by atoms with Crippen molar-refractivity contribution in [1.29, 1.82) is 0 Å². The van der Waals surface area contributed by atoms with Crippen LogP contribution in [0, 0.1) is 23.7 Å². The van der Waals surface area contributed by atoms with Crippen LogP contribution < -0.4 is 4.90 Å². The summed E-state index contributed by atoms with van der Waals surface area (Å²) in [7, 11) is 0. The maximum Gasteiger partial charge on any atom is 0.0719 e. The van der Waals surface area contributed by atoms with Crippen molar-refractivity contribution in [2.45, 2.75) is 50.4 Å². The lowest BCUT2D eigenvalue weighted by Crippen LogP contribution is -2.56. The zero-order valence-corrected chi connectivity index (χ0v) is 42.8. The molecule has 0 saturated heterocycles. The fourth-order valence-electron chi connectivity index (χ4n) is 15.6. The Morgan fingerprint density at radius 3 is 1.58 bits per heavy atom. The van der Waals surface area contributed by atoms with Gasteiger partial charge < -0.3 is 4.90 Å². The molecule has 0 radical (unpaired) electrons. The van der Waals surface area contributed by atoms with Gasteiger partial charge in [-0.15, -0.1) is 11.3 Å². The molecule has 0 amide bonds. The zero-order chi connectivity index (χ0) is 49.1. The lowest BCUT2D eigenvalue weighted by atomic mass is 9.41. The summed E-state index contributed by atoms with van der Waals surface area (Å²) in [5.74, 6) is 2.46. The topological polar surface area (TPSA) is 3.24 Å². The highest BCUT2D eigenvalue weighted by atomic mass is 32.1. The van der Waals surface area contributed by atoms with Crippen LogP contribution in [-0.4, -0.2) is 0 Å². The molecule has 74 heavy (non-hydrogen) atoms. The fourth-order valence-corrected chi connectivity index (χ4v) is 16.7. The normalized spacial score (nSPS) is 20.8. The number of benzene rings is 10. The van der Waals surface area contributed by atoms with Crippen molar-refractivity contribution < 1.29 is 0 Å². The van der Waals surface area contributed by atoms with E-state index in [1.54, 1.807) is 11.1 Å². The van der Waals surface area contributed by atoms with E-state index in [-0.39, 0.29) is 5.41 Å². The molecule has 2 fully saturated rings. The van der Waals surface area contributed by atoms with Crippen LogP contribution in [0.5, 0.6) is 0 Å². The monoisotopic (exact) mass is 967 g/mol. The van der Waals surface area contributed by atoms with Gasteiger partial charge >= 0.3 is 0 Å². The highest BCUT2D eigenvalue weighted by Gasteiger charge is 2.62. The molecule has 2 spiro atoms. The molecule has 356 valence electrons. The number of nitrogens with zero attached hydrogens (tertiary/aromatic N) is 1. The Morgan fingerprint density at radius 1 is 0.351 bits per heavy atom. The van der Waals surface area contributed by atoms with Crippen molar-refractivity contribution >= 4 is 48.6 Å². The molecule has 11 aromatic rings. The van der Waals surface area contributed by atoms with Gasteiger partial charge in [0.05, 0.1) is 5.41 Å². The van der Waals surface area contributed by atoms with Gasteiger partial charge in [-0.05, 0) is 176 Å². The van der Waals surface area contributed by atoms with Crippen molar-refractivity contribution in [3.63, 3.8) is 0 Å². The molecule has 10 aromatic carbocycles. The Bertz CT molecular complexity index is 3910. The van der Waals surface area contributed by atoms with Crippen LogP contribution in [0.25, 0.3) is 64.7 Å². The summed E-state index contributed by atoms with van der Waals surface area (Å²) in [6.45, 7) is 5.07. The predicted octanol–water partition coefficient (Wildman–Crippen LogP) is 19.6. The predicted molar refractivity (Wildman–Crippen MR) is 312 cm³/mol. The van der Waals surface area contributed by atoms with Crippen LogP contribution in [0.4, 0.5) is 17.1 Å². The molecule has 0 atom stereocenters. The Balaban J connectivity index is 0.960. The Labute approximate surface area is 439 Å². The smallest absolute Gasteiger partial charge is 0.0719 e. The molecular formula is C72H57NS. The number of fused-ring (bicyclic) bond motifs is 12. The second-order valence-corrected chi connectivity index (χ2v) is 23.2. The van der Waals surface area contributed by atoms with E-state index in [0.717, 1.165) is 11.4 Å². The minimum atomic E-state index is -0.446. The molecule has 4 aliphatic rings. The zero-order valence-electron chi connectivity index (χ0n) is 42.0. The Hall–Kier alpha value is -7.78. The van der Waals surface area contributed by atoms with E-state index < -0.39 is 5.41 Å². The van der Waals surface area contributed by atoms with Crippen LogP contribution in [0.1, 0.15) is 72.9 Å². The van der Waals surface area contributed by atoms with Gasteiger partial charge in [0.25, 0.3) is 0 Å². The number of hydrogen-bond donors (Lipinski definition) is 0. The lowest BCUT2D eigenvalue weighted by molar-refractivity contribution is 0.0238. The molecule has 2 heteroatoms. The van der Waals surface area contributed by atoms with E-state index in [2.05, 4.69) is 255 Å². The highest BCUT2D eigenvalue weighted by molar-refractivity contribution is 7.25. The van der Waals surface area contributed by atoms with Gasteiger partial charge in [-0.2, -0.15) is 0 Å². The van der Waals surface area contributed by atoms with E-state index in [1.165, 1.54) is 118 Å². The maximum atomic E-state index is 2.70. The third-order valence-electron chi connectivity index (χ3n) is 18.1. The number of anilines is 3. The van der Waals surface area contributed by atoms with Gasteiger partial charge in [-0.1, -0.05) is 202 Å². The molecule has 1 aromatic heterocycles. The second kappa shape index (κ2) is 16.9. The summed E-state index contributed by atoms with van der Waals surface area (Å²) >= 11 is 1.88. The Morgan fingerprint density at radius 2 is 0.865 bits per heavy atom. The van der Waals surface area contributed by atoms with Crippen molar-refractivity contribution in [1.82, 2.24) is 0 Å². The van der Waals surface area contributed by atoms with Crippen LogP contribution in [0.2, 0.25) is 0 Å². The molecule has 1 heterocycles. The SMILES string of the molecule is C[C@H]1C[C@@H]2C[C@@H](C)C[C@H](C1)C21c2ccccc2C2(c3ccccc3-c3ccccc32)c2ccc(N(c3ccc(-c4ccccc4-c4cccc5sc6ccccc6c45)cc3)c3cccc(-c4ccccc4)c3)cc21. The summed E-state index contributed by atoms with van der Waals surface area (Å²) in [6.07, 6.45) is 5.01. The molecular weight excluding hydrogens is 911 g/mol. The minimum Gasteiger partial charge on any atom is -0.310 e. The van der Waals surface area contributed by atoms with E-state index >= 15 is 0 Å². The van der Waals surface area contributed by atoms with Crippen LogP contribution >= 0.6 is 11.3 Å². The van der Waals surface area contributed by atoms with Gasteiger partial charge in [0.15, 0.2) is 0 Å². The quantitative estimate of drug-likeness (QED) is 0.160. The molecule has 15 rings (SSSR count). The second-order valence-electron chi connectivity index (χ2n) is 22.2. The van der Waals surface area contributed by atoms with Gasteiger partial charge in [-0.25, -0.2) is 0 Å². The standard InChI is InChI=1S/C72H57NS/c1-46-40-51-42-47(2)43-52(41-46)71(51)64-30-13-14-31-65(64)72(62-28-11-8-24-58(62)59-25-9-12-29-63(59)72)66-39-38-55(45-67(66)71)73(54-21-16-20-50(44-54)48-18-4-3-5-19-48)53-36-34-49(35-37-53)56-22-6-7-23-57(56)60-27-17-33-69-70(60)61-26-10-15-32-68(61)74-69/h3-39,44-47,51-52H,40-43H2,1-2H3/t46-,47+,51+,52-,71?. The summed E-state index contributed by atoms with van der Waals surface area (Å²) in [5.41, 5.74) is 21.9. The van der Waals surface area contributed by atoms with E-state index in [1.807, 2.05) is 11.3 Å². The largest absolute Gasteiger partial charge is 0.310 e. The minimum absolute atomic E-state index is 0.125. The molecule has 0 N–H and O–H groups in total. The highest BCUT2D eigenvalue weighted by Crippen LogP contribution is 2.69. The number of hydrogen-bond acceptors (Lipinski definition) is 2. The Kier molecular flexibility index (Phi) is 9.99. The van der Waals surface area contributed by atoms with E-state index in [4.69, 9.17) is 0 Å². The van der Waals surface area contributed by atoms with Gasteiger partial charge in [0, 0.05) is 42.6 Å². The van der Waals surface area contributed by atoms with Crippen LogP contribution in [0.3, 0.4) is 0 Å². The molecule has 0 aliphatic heterocycles. The molecule has 0 unspecified atom stereocenters. The fraction of sp³-hybridized carbons (Fsp3) is 0.167. The summed E-state index contributed by atoms with van der Waals surface area (Å²) in [6, 6.07) is 90.4. The van der Waals surface area contributed by atoms with Crippen molar-refractivity contribution in [3.05, 3.63) is 270 Å². The van der Waals surface area contributed by atoms with Crippen LogP contribution in [-0.2, 0) is 10.8 Å². The van der Waals surface area contributed by atoms with Crippen molar-refractivity contribution in [2.24, 2.45) is 23.7 Å². The first kappa shape index (κ1) is 43.8. The third kappa shape index (κ3) is 6.28. The third-order valence-corrected chi connectivity index (χ3v) is 19.3. The molecule has 1 nitrogen and oxygen atoms in total. The number of rotatable bonds is 6. The van der Waals surface area contributed by atoms with Crippen molar-refractivity contribution in [2.75, 3.05) is 4.90 Å². The summed E-state index contributed by atoms with van der Waals surface area (Å²) < 4.78 is 2.65. The summed E-state index contributed by atoms with van der Waals surface area (Å²) in [5, 5.41) is 2.66.